The van der Waals surface area contributed by atoms with Gasteiger partial charge in [-0.25, -0.2) is 9.97 Å². The Bertz CT molecular complexity index is 834. The minimum absolute atomic E-state index is 0.0264. The smallest absolute Gasteiger partial charge is 0.305 e. The van der Waals surface area contributed by atoms with E-state index >= 15 is 0 Å². The maximum atomic E-state index is 11.2. The Kier molecular flexibility index (Phi) is 4.19. The van der Waals surface area contributed by atoms with E-state index in [-0.39, 0.29) is 12.5 Å². The van der Waals surface area contributed by atoms with Gasteiger partial charge in [-0.15, -0.1) is 0 Å². The number of nitrogens with zero attached hydrogens (tertiary/aromatic N) is 2. The van der Waals surface area contributed by atoms with Crippen LogP contribution in [0.4, 0.5) is 5.82 Å². The molecule has 0 aliphatic rings. The average Bonchev–Trinajstić information content (AvgIpc) is 2.54. The summed E-state index contributed by atoms with van der Waals surface area (Å²) in [6.45, 7) is 1.83. The Balaban J connectivity index is 2.02. The third-order valence-corrected chi connectivity index (χ3v) is 3.61. The summed E-state index contributed by atoms with van der Waals surface area (Å²) in [5, 5.41) is 13.4. The Morgan fingerprint density at radius 2 is 1.78 bits per heavy atom. The van der Waals surface area contributed by atoms with E-state index < -0.39 is 5.97 Å². The molecule has 2 N–H and O–H groups in total. The Morgan fingerprint density at radius 3 is 2.52 bits per heavy atom. The van der Waals surface area contributed by atoms with Crippen LogP contribution in [-0.4, -0.2) is 21.0 Å². The summed E-state index contributed by atoms with van der Waals surface area (Å²) in [5.41, 5.74) is 1.75. The molecular weight excluding hydrogens is 290 g/mol. The summed E-state index contributed by atoms with van der Waals surface area (Å²) >= 11 is 0. The van der Waals surface area contributed by atoms with Crippen LogP contribution in [0.5, 0.6) is 0 Å². The van der Waals surface area contributed by atoms with Gasteiger partial charge < -0.3 is 10.4 Å². The molecule has 3 aromatic rings. The average molecular weight is 307 g/mol. The minimum atomic E-state index is -0.860. The molecule has 2 aromatic carbocycles. The molecule has 0 radical (unpaired) electrons. The van der Waals surface area contributed by atoms with Crippen molar-refractivity contribution in [1.29, 1.82) is 0 Å². The van der Waals surface area contributed by atoms with Gasteiger partial charge in [0.2, 0.25) is 0 Å². The standard InChI is InChI=1S/C18H17N3O2/c1-12-19-15-10-6-5-9-14(15)18(20-12)21-16(11-17(22)23)13-7-3-2-4-8-13/h2-10,16H,11H2,1H3,(H,22,23)(H,19,20,21). The van der Waals surface area contributed by atoms with Crippen molar-refractivity contribution < 1.29 is 9.90 Å². The van der Waals surface area contributed by atoms with Crippen LogP contribution >= 0.6 is 0 Å². The van der Waals surface area contributed by atoms with Gasteiger partial charge in [0.15, 0.2) is 0 Å². The molecule has 0 bridgehead atoms. The number of carboxylic acids is 1. The Hall–Kier alpha value is -2.95. The van der Waals surface area contributed by atoms with E-state index in [1.54, 1.807) is 0 Å². The van der Waals surface area contributed by atoms with E-state index in [0.29, 0.717) is 11.6 Å². The van der Waals surface area contributed by atoms with Crippen molar-refractivity contribution in [2.24, 2.45) is 0 Å². The van der Waals surface area contributed by atoms with Gasteiger partial charge >= 0.3 is 5.97 Å². The number of carbonyl (C=O) groups is 1. The number of carboxylic acid groups (broad SMARTS) is 1. The summed E-state index contributed by atoms with van der Waals surface area (Å²) in [6, 6.07) is 16.9. The predicted octanol–water partition coefficient (Wildman–Crippen LogP) is 3.57. The molecule has 116 valence electrons. The first kappa shape index (κ1) is 15.0. The number of benzene rings is 2. The fourth-order valence-corrected chi connectivity index (χ4v) is 2.58. The molecule has 1 heterocycles. The SMILES string of the molecule is Cc1nc(NC(CC(=O)O)c2ccccc2)c2ccccc2n1. The largest absolute Gasteiger partial charge is 0.481 e. The summed E-state index contributed by atoms with van der Waals surface area (Å²) in [6.07, 6.45) is -0.0264. The van der Waals surface area contributed by atoms with Gasteiger partial charge in [0, 0.05) is 5.39 Å². The van der Waals surface area contributed by atoms with Crippen molar-refractivity contribution in [3.63, 3.8) is 0 Å². The Morgan fingerprint density at radius 1 is 1.09 bits per heavy atom. The molecule has 0 saturated heterocycles. The quantitative estimate of drug-likeness (QED) is 0.753. The van der Waals surface area contributed by atoms with Crippen LogP contribution in [0.15, 0.2) is 54.6 Å². The van der Waals surface area contributed by atoms with Crippen molar-refractivity contribution in [3.8, 4) is 0 Å². The molecule has 5 nitrogen and oxygen atoms in total. The van der Waals surface area contributed by atoms with Crippen LogP contribution in [0, 0.1) is 6.92 Å². The highest BCUT2D eigenvalue weighted by Gasteiger charge is 2.17. The molecular formula is C18H17N3O2. The molecule has 1 atom stereocenters. The molecule has 0 fully saturated rings. The number of nitrogens with one attached hydrogen (secondary N) is 1. The number of aryl methyl sites for hydroxylation is 1. The first-order chi connectivity index (χ1) is 11.1. The molecule has 0 amide bonds. The molecule has 1 unspecified atom stereocenters. The molecule has 3 rings (SSSR count). The van der Waals surface area contributed by atoms with Gasteiger partial charge in [0.05, 0.1) is 18.0 Å². The van der Waals surface area contributed by atoms with Gasteiger partial charge in [-0.3, -0.25) is 4.79 Å². The van der Waals surface area contributed by atoms with Gasteiger partial charge in [0.1, 0.15) is 11.6 Å². The van der Waals surface area contributed by atoms with E-state index in [0.717, 1.165) is 16.5 Å². The number of rotatable bonds is 5. The van der Waals surface area contributed by atoms with Crippen LogP contribution < -0.4 is 5.32 Å². The molecule has 1 aromatic heterocycles. The maximum absolute atomic E-state index is 11.2. The van der Waals surface area contributed by atoms with E-state index in [1.165, 1.54) is 0 Å². The second-order valence-corrected chi connectivity index (χ2v) is 5.34. The fourth-order valence-electron chi connectivity index (χ4n) is 2.58. The number of hydrogen-bond donors (Lipinski definition) is 2. The van der Waals surface area contributed by atoms with E-state index in [4.69, 9.17) is 0 Å². The highest BCUT2D eigenvalue weighted by atomic mass is 16.4. The zero-order valence-corrected chi connectivity index (χ0v) is 12.7. The summed E-state index contributed by atoms with van der Waals surface area (Å²) in [7, 11) is 0. The van der Waals surface area contributed by atoms with Crippen molar-refractivity contribution in [2.45, 2.75) is 19.4 Å². The zero-order valence-electron chi connectivity index (χ0n) is 12.7. The lowest BCUT2D eigenvalue weighted by molar-refractivity contribution is -0.137. The second kappa shape index (κ2) is 6.44. The highest BCUT2D eigenvalue weighted by molar-refractivity contribution is 5.89. The third-order valence-electron chi connectivity index (χ3n) is 3.61. The number of aliphatic carboxylic acids is 1. The first-order valence-corrected chi connectivity index (χ1v) is 7.40. The molecule has 0 aliphatic carbocycles. The normalized spacial score (nSPS) is 12.0. The van der Waals surface area contributed by atoms with Crippen molar-refractivity contribution in [1.82, 2.24) is 9.97 Å². The number of hydrogen-bond acceptors (Lipinski definition) is 4. The van der Waals surface area contributed by atoms with Crippen molar-refractivity contribution in [2.75, 3.05) is 5.32 Å². The number of para-hydroxylation sites is 1. The lowest BCUT2D eigenvalue weighted by atomic mass is 10.0. The van der Waals surface area contributed by atoms with Crippen LogP contribution in [0.2, 0.25) is 0 Å². The number of anilines is 1. The summed E-state index contributed by atoms with van der Waals surface area (Å²) < 4.78 is 0. The highest BCUT2D eigenvalue weighted by Crippen LogP contribution is 2.26. The lowest BCUT2D eigenvalue weighted by Gasteiger charge is -2.19. The molecule has 0 aliphatic heterocycles. The van der Waals surface area contributed by atoms with Crippen LogP contribution in [0.3, 0.4) is 0 Å². The predicted molar refractivity (Wildman–Crippen MR) is 89.3 cm³/mol. The van der Waals surface area contributed by atoms with Crippen LogP contribution in [0.1, 0.15) is 23.9 Å². The first-order valence-electron chi connectivity index (χ1n) is 7.40. The van der Waals surface area contributed by atoms with Crippen LogP contribution in [0.25, 0.3) is 10.9 Å². The summed E-state index contributed by atoms with van der Waals surface area (Å²) in [4.78, 5) is 20.1. The monoisotopic (exact) mass is 307 g/mol. The molecule has 5 heteroatoms. The zero-order chi connectivity index (χ0) is 16.2. The van der Waals surface area contributed by atoms with Crippen molar-refractivity contribution >= 4 is 22.7 Å². The second-order valence-electron chi connectivity index (χ2n) is 5.34. The topological polar surface area (TPSA) is 75.1 Å². The van der Waals surface area contributed by atoms with Gasteiger partial charge in [-0.05, 0) is 24.6 Å². The third kappa shape index (κ3) is 3.45. The van der Waals surface area contributed by atoms with Gasteiger partial charge in [-0.2, -0.15) is 0 Å². The van der Waals surface area contributed by atoms with E-state index in [9.17, 15) is 9.90 Å². The number of aromatic nitrogens is 2. The maximum Gasteiger partial charge on any atom is 0.305 e. The van der Waals surface area contributed by atoms with Gasteiger partial charge in [0.25, 0.3) is 0 Å². The molecule has 0 spiro atoms. The lowest BCUT2D eigenvalue weighted by Crippen LogP contribution is -2.16. The van der Waals surface area contributed by atoms with E-state index in [2.05, 4.69) is 15.3 Å². The molecule has 0 saturated carbocycles. The number of fused-ring (bicyclic) bond motifs is 1. The van der Waals surface area contributed by atoms with Gasteiger partial charge in [-0.1, -0.05) is 42.5 Å². The van der Waals surface area contributed by atoms with E-state index in [1.807, 2.05) is 61.5 Å². The molecule has 23 heavy (non-hydrogen) atoms. The fraction of sp³-hybridized carbons (Fsp3) is 0.167. The summed E-state index contributed by atoms with van der Waals surface area (Å²) in [5.74, 6) is 0.443. The van der Waals surface area contributed by atoms with Crippen LogP contribution in [-0.2, 0) is 4.79 Å². The Labute approximate surface area is 134 Å². The minimum Gasteiger partial charge on any atom is -0.481 e. The van der Waals surface area contributed by atoms with Crippen molar-refractivity contribution in [3.05, 3.63) is 66.0 Å².